The molecular weight excluding hydrogens is 468 g/mol. The van der Waals surface area contributed by atoms with Gasteiger partial charge in [0.15, 0.2) is 0 Å². The minimum Gasteiger partial charge on any atom is -0.492 e. The van der Waals surface area contributed by atoms with Crippen molar-refractivity contribution >= 4 is 5.91 Å². The number of hydrogen-bond donors (Lipinski definition) is 0. The van der Waals surface area contributed by atoms with Crippen molar-refractivity contribution in [3.05, 3.63) is 29.8 Å². The Hall–Kier alpha value is -1.67. The van der Waals surface area contributed by atoms with E-state index in [1.54, 1.807) is 6.92 Å². The molecule has 2 spiro atoms. The lowest BCUT2D eigenvalue weighted by Gasteiger charge is -2.57. The highest BCUT2D eigenvalue weighted by atomic mass is 17.3. The molecule has 1 aromatic carbocycles. The maximum atomic E-state index is 11.5. The molecule has 7 fully saturated rings. The lowest BCUT2D eigenvalue weighted by atomic mass is 9.53. The fourth-order valence-electron chi connectivity index (χ4n) is 8.60. The number of hydrogen-bond acceptors (Lipinski definition) is 6. The van der Waals surface area contributed by atoms with Gasteiger partial charge in [0.05, 0.1) is 0 Å². The second kappa shape index (κ2) is 9.51. The quantitative estimate of drug-likeness (QED) is 0.535. The fraction of sp³-hybridized carbons (Fsp3) is 0.767. The van der Waals surface area contributed by atoms with Gasteiger partial charge in [0.25, 0.3) is 0 Å². The normalized spacial score (nSPS) is 41.1. The van der Waals surface area contributed by atoms with Gasteiger partial charge in [-0.15, -0.1) is 0 Å². The number of benzene rings is 1. The maximum absolute atomic E-state index is 11.5. The summed E-state index contributed by atoms with van der Waals surface area (Å²) in [6.45, 7) is 6.70. The van der Waals surface area contributed by atoms with Crippen LogP contribution in [0.1, 0.15) is 76.2 Å². The van der Waals surface area contributed by atoms with E-state index in [9.17, 15) is 4.79 Å². The molecule has 5 saturated carbocycles. The molecule has 7 nitrogen and oxygen atoms in total. The first-order chi connectivity index (χ1) is 18.0. The molecule has 7 heteroatoms. The zero-order valence-corrected chi connectivity index (χ0v) is 22.2. The third-order valence-corrected chi connectivity index (χ3v) is 10.5. The minimum absolute atomic E-state index is 0.174. The van der Waals surface area contributed by atoms with Gasteiger partial charge in [-0.3, -0.25) is 9.69 Å². The summed E-state index contributed by atoms with van der Waals surface area (Å²) >= 11 is 0. The molecule has 2 saturated heterocycles. The molecule has 37 heavy (non-hydrogen) atoms. The molecule has 4 bridgehead atoms. The third-order valence-electron chi connectivity index (χ3n) is 10.5. The molecule has 1 aromatic rings. The van der Waals surface area contributed by atoms with Crippen LogP contribution < -0.4 is 4.74 Å². The zero-order valence-electron chi connectivity index (χ0n) is 22.2. The van der Waals surface area contributed by atoms with E-state index in [-0.39, 0.29) is 5.91 Å². The van der Waals surface area contributed by atoms with Gasteiger partial charge in [-0.2, -0.15) is 9.78 Å². The first-order valence-electron chi connectivity index (χ1n) is 14.8. The van der Waals surface area contributed by atoms with Crippen LogP contribution in [0.2, 0.25) is 0 Å². The van der Waals surface area contributed by atoms with Gasteiger partial charge < -0.3 is 14.4 Å². The standard InChI is InChI=1S/C30H42N2O5/c1-21(33)32-12-10-31(11-13-32)14-15-34-28-4-2-24(3-5-28)25-6-8-29(9-7-25)35-30(37-36-29)26-17-22-16-23(19-26)20-27(30)18-22/h2-5,22-23,25-27H,6-20H2,1H3. The Morgan fingerprint density at radius 2 is 1.57 bits per heavy atom. The van der Waals surface area contributed by atoms with Gasteiger partial charge in [0.1, 0.15) is 12.4 Å². The van der Waals surface area contributed by atoms with Crippen molar-refractivity contribution < 1.29 is 24.0 Å². The average molecular weight is 511 g/mol. The smallest absolute Gasteiger partial charge is 0.219 e. The molecule has 0 radical (unpaired) electrons. The monoisotopic (exact) mass is 510 g/mol. The van der Waals surface area contributed by atoms with Gasteiger partial charge in [0, 0.05) is 64.3 Å². The summed E-state index contributed by atoms with van der Waals surface area (Å²) in [4.78, 5) is 28.1. The Labute approximate surface area is 220 Å². The summed E-state index contributed by atoms with van der Waals surface area (Å²) in [6.07, 6.45) is 10.4. The second-order valence-electron chi connectivity index (χ2n) is 12.7. The number of nitrogens with zero attached hydrogens (tertiary/aromatic N) is 2. The number of ether oxygens (including phenoxy) is 2. The maximum Gasteiger partial charge on any atom is 0.219 e. The largest absolute Gasteiger partial charge is 0.492 e. The van der Waals surface area contributed by atoms with Crippen molar-refractivity contribution in [1.82, 2.24) is 9.80 Å². The van der Waals surface area contributed by atoms with Crippen LogP contribution in [0.3, 0.4) is 0 Å². The van der Waals surface area contributed by atoms with Crippen LogP contribution in [0, 0.1) is 23.7 Å². The average Bonchev–Trinajstić information content (AvgIpc) is 3.28. The number of piperazine rings is 1. The molecule has 0 atom stereocenters. The van der Waals surface area contributed by atoms with E-state index in [1.165, 1.54) is 37.7 Å². The summed E-state index contributed by atoms with van der Waals surface area (Å²) in [5.74, 6) is 3.47. The minimum atomic E-state index is -0.537. The summed E-state index contributed by atoms with van der Waals surface area (Å²) in [5, 5.41) is 0. The van der Waals surface area contributed by atoms with Crippen molar-refractivity contribution in [1.29, 1.82) is 0 Å². The highest BCUT2D eigenvalue weighted by molar-refractivity contribution is 5.73. The van der Waals surface area contributed by atoms with Gasteiger partial charge in [-0.1, -0.05) is 12.1 Å². The van der Waals surface area contributed by atoms with E-state index in [4.69, 9.17) is 19.2 Å². The van der Waals surface area contributed by atoms with E-state index in [0.29, 0.717) is 24.4 Å². The molecule has 5 aliphatic carbocycles. The molecule has 1 amide bonds. The Balaban J connectivity index is 0.888. The SMILES string of the molecule is CC(=O)N1CCN(CCOc2ccc(C3CCC4(CC3)OOC3(O4)C4CC5CC(C4)CC3C5)cc2)CC1. The molecule has 0 unspecified atom stereocenters. The van der Waals surface area contributed by atoms with E-state index in [2.05, 4.69) is 29.2 Å². The fourth-order valence-corrected chi connectivity index (χ4v) is 8.60. The van der Waals surface area contributed by atoms with Gasteiger partial charge in [0.2, 0.25) is 17.5 Å². The Bertz CT molecular complexity index is 952. The van der Waals surface area contributed by atoms with Crippen LogP contribution in [0.15, 0.2) is 24.3 Å². The van der Waals surface area contributed by atoms with E-state index in [0.717, 1.165) is 76.0 Å². The van der Waals surface area contributed by atoms with Crippen molar-refractivity contribution in [3.8, 4) is 5.75 Å². The summed E-state index contributed by atoms with van der Waals surface area (Å²) in [6, 6.07) is 8.69. The molecule has 7 aliphatic rings. The van der Waals surface area contributed by atoms with Crippen LogP contribution in [-0.2, 0) is 19.3 Å². The Morgan fingerprint density at radius 3 is 2.19 bits per heavy atom. The van der Waals surface area contributed by atoms with Gasteiger partial charge >= 0.3 is 0 Å². The highest BCUT2D eigenvalue weighted by Crippen LogP contribution is 2.64. The molecule has 202 valence electrons. The topological polar surface area (TPSA) is 60.5 Å². The number of amides is 1. The Kier molecular flexibility index (Phi) is 6.26. The molecule has 0 aromatic heterocycles. The number of carbonyl (C=O) groups is 1. The van der Waals surface area contributed by atoms with Crippen molar-refractivity contribution in [2.75, 3.05) is 39.3 Å². The van der Waals surface area contributed by atoms with E-state index >= 15 is 0 Å². The first-order valence-corrected chi connectivity index (χ1v) is 14.8. The van der Waals surface area contributed by atoms with Crippen molar-refractivity contribution in [2.45, 2.75) is 82.2 Å². The number of rotatable bonds is 5. The van der Waals surface area contributed by atoms with Crippen molar-refractivity contribution in [3.63, 3.8) is 0 Å². The first kappa shape index (κ1) is 24.4. The predicted molar refractivity (Wildman–Crippen MR) is 138 cm³/mol. The number of carbonyl (C=O) groups excluding carboxylic acids is 1. The molecule has 2 heterocycles. The molecule has 8 rings (SSSR count). The van der Waals surface area contributed by atoms with Crippen LogP contribution in [-0.4, -0.2) is 66.6 Å². The molecule has 2 aliphatic heterocycles. The third kappa shape index (κ3) is 4.50. The molecular formula is C30H42N2O5. The Morgan fingerprint density at radius 1 is 0.919 bits per heavy atom. The van der Waals surface area contributed by atoms with E-state index < -0.39 is 11.6 Å². The zero-order chi connectivity index (χ0) is 25.0. The van der Waals surface area contributed by atoms with Crippen LogP contribution in [0.4, 0.5) is 0 Å². The highest BCUT2D eigenvalue weighted by Gasteiger charge is 2.66. The van der Waals surface area contributed by atoms with Crippen LogP contribution >= 0.6 is 0 Å². The van der Waals surface area contributed by atoms with E-state index in [1.807, 2.05) is 4.90 Å². The van der Waals surface area contributed by atoms with Crippen LogP contribution in [0.25, 0.3) is 0 Å². The lowest BCUT2D eigenvalue weighted by molar-refractivity contribution is -0.390. The van der Waals surface area contributed by atoms with Gasteiger partial charge in [-0.25, -0.2) is 0 Å². The van der Waals surface area contributed by atoms with Gasteiger partial charge in [-0.05, 0) is 80.4 Å². The van der Waals surface area contributed by atoms with Crippen molar-refractivity contribution in [2.24, 2.45) is 23.7 Å². The summed E-state index contributed by atoms with van der Waals surface area (Å²) in [5.41, 5.74) is 1.38. The molecule has 0 N–H and O–H groups in total. The lowest BCUT2D eigenvalue weighted by Crippen LogP contribution is -2.59. The summed E-state index contributed by atoms with van der Waals surface area (Å²) in [7, 11) is 0. The predicted octanol–water partition coefficient (Wildman–Crippen LogP) is 4.71. The summed E-state index contributed by atoms with van der Waals surface area (Å²) < 4.78 is 12.9. The van der Waals surface area contributed by atoms with Crippen LogP contribution in [0.5, 0.6) is 5.75 Å². The second-order valence-corrected chi connectivity index (χ2v) is 12.7.